The topological polar surface area (TPSA) is 89.6 Å². The van der Waals surface area contributed by atoms with Gasteiger partial charge in [0.15, 0.2) is 0 Å². The van der Waals surface area contributed by atoms with Crippen molar-refractivity contribution < 1.29 is 19.4 Å². The Kier molecular flexibility index (Phi) is 2.09. The normalized spacial score (nSPS) is 26.3. The van der Waals surface area contributed by atoms with Crippen molar-refractivity contribution in [3.63, 3.8) is 0 Å². The number of carbonyl (C=O) groups is 2. The molecule has 5 nitrogen and oxygen atoms in total. The first-order valence-electron chi connectivity index (χ1n) is 3.29. The fourth-order valence-corrected chi connectivity index (χ4v) is 0.959. The van der Waals surface area contributed by atoms with Gasteiger partial charge in [0.25, 0.3) is 0 Å². The molecule has 0 radical (unpaired) electrons. The van der Waals surface area contributed by atoms with Crippen molar-refractivity contribution in [1.29, 1.82) is 0 Å². The summed E-state index contributed by atoms with van der Waals surface area (Å²) in [6.07, 6.45) is 0.0396. The van der Waals surface area contributed by atoms with Gasteiger partial charge >= 0.3 is 11.9 Å². The van der Waals surface area contributed by atoms with Gasteiger partial charge in [-0.15, -0.1) is 0 Å². The van der Waals surface area contributed by atoms with Crippen LogP contribution in [0.3, 0.4) is 0 Å². The van der Waals surface area contributed by atoms with E-state index >= 15 is 0 Å². The van der Waals surface area contributed by atoms with Crippen molar-refractivity contribution in [3.05, 3.63) is 0 Å². The lowest BCUT2D eigenvalue weighted by Crippen LogP contribution is -2.41. The molecule has 62 valence electrons. The van der Waals surface area contributed by atoms with Crippen LogP contribution in [-0.2, 0) is 14.3 Å². The van der Waals surface area contributed by atoms with Crippen molar-refractivity contribution in [3.8, 4) is 0 Å². The van der Waals surface area contributed by atoms with Gasteiger partial charge in [0, 0.05) is 6.42 Å². The molecule has 5 heteroatoms. The molecule has 2 atom stereocenters. The van der Waals surface area contributed by atoms with Gasteiger partial charge in [0.05, 0.1) is 0 Å². The van der Waals surface area contributed by atoms with Gasteiger partial charge in [0.2, 0.25) is 0 Å². The summed E-state index contributed by atoms with van der Waals surface area (Å²) in [7, 11) is 0. The Balaban J connectivity index is 2.49. The average Bonchev–Trinajstić information content (AvgIpc) is 2.34. The summed E-state index contributed by atoms with van der Waals surface area (Å²) in [6.45, 7) is 0. The first kappa shape index (κ1) is 8.00. The molecule has 0 bridgehead atoms. The van der Waals surface area contributed by atoms with E-state index in [1.807, 2.05) is 0 Å². The molecular formula is C6H9NO4. The van der Waals surface area contributed by atoms with Crippen LogP contribution in [-0.4, -0.2) is 29.2 Å². The average molecular weight is 159 g/mol. The van der Waals surface area contributed by atoms with Crippen LogP contribution >= 0.6 is 0 Å². The second-order valence-electron chi connectivity index (χ2n) is 2.43. The van der Waals surface area contributed by atoms with Crippen LogP contribution in [0.2, 0.25) is 0 Å². The molecule has 0 unspecified atom stereocenters. The Morgan fingerprint density at radius 1 is 1.82 bits per heavy atom. The summed E-state index contributed by atoms with van der Waals surface area (Å²) in [4.78, 5) is 20.8. The van der Waals surface area contributed by atoms with Crippen LogP contribution in [0.5, 0.6) is 0 Å². The molecule has 1 rings (SSSR count). The molecular weight excluding hydrogens is 150 g/mol. The zero-order valence-electron chi connectivity index (χ0n) is 5.82. The van der Waals surface area contributed by atoms with E-state index < -0.39 is 18.1 Å². The third-order valence-corrected chi connectivity index (χ3v) is 1.60. The predicted molar refractivity (Wildman–Crippen MR) is 34.7 cm³/mol. The van der Waals surface area contributed by atoms with Crippen LogP contribution in [0.25, 0.3) is 0 Å². The van der Waals surface area contributed by atoms with Crippen molar-refractivity contribution >= 4 is 11.9 Å². The van der Waals surface area contributed by atoms with Gasteiger partial charge in [-0.1, -0.05) is 0 Å². The van der Waals surface area contributed by atoms with E-state index in [1.54, 1.807) is 0 Å². The van der Waals surface area contributed by atoms with Gasteiger partial charge in [0.1, 0.15) is 12.1 Å². The maximum absolute atomic E-state index is 10.5. The Labute approximate surface area is 63.1 Å². The van der Waals surface area contributed by atoms with Gasteiger partial charge in [-0.25, -0.2) is 0 Å². The molecule has 0 spiro atoms. The van der Waals surface area contributed by atoms with Crippen LogP contribution in [0.15, 0.2) is 0 Å². The van der Waals surface area contributed by atoms with E-state index in [-0.39, 0.29) is 12.4 Å². The minimum Gasteiger partial charge on any atom is -0.480 e. The number of carboxylic acid groups (broad SMARTS) is 1. The summed E-state index contributed by atoms with van der Waals surface area (Å²) >= 11 is 0. The Morgan fingerprint density at radius 2 is 2.45 bits per heavy atom. The number of rotatable bonds is 2. The summed E-state index contributed by atoms with van der Waals surface area (Å²) in [5.74, 6) is -1.50. The van der Waals surface area contributed by atoms with Crippen molar-refractivity contribution in [2.24, 2.45) is 5.73 Å². The SMILES string of the molecule is N[C@@H](C(=O)O)[C@H]1CCC(=O)O1. The van der Waals surface area contributed by atoms with E-state index in [0.717, 1.165) is 0 Å². The van der Waals surface area contributed by atoms with E-state index in [2.05, 4.69) is 4.74 Å². The number of carboxylic acids is 1. The number of hydrogen-bond acceptors (Lipinski definition) is 4. The van der Waals surface area contributed by atoms with Crippen LogP contribution in [0, 0.1) is 0 Å². The molecule has 3 N–H and O–H groups in total. The molecule has 1 aliphatic heterocycles. The lowest BCUT2D eigenvalue weighted by molar-refractivity contribution is -0.147. The monoisotopic (exact) mass is 159 g/mol. The van der Waals surface area contributed by atoms with Crippen LogP contribution in [0.4, 0.5) is 0 Å². The molecule has 0 saturated carbocycles. The third-order valence-electron chi connectivity index (χ3n) is 1.60. The molecule has 1 saturated heterocycles. The molecule has 0 aliphatic carbocycles. The minimum atomic E-state index is -1.13. The molecule has 0 aromatic heterocycles. The van der Waals surface area contributed by atoms with Gasteiger partial charge in [-0.05, 0) is 6.42 Å². The van der Waals surface area contributed by atoms with Gasteiger partial charge < -0.3 is 15.6 Å². The summed E-state index contributed by atoms with van der Waals surface area (Å²) < 4.78 is 4.64. The maximum atomic E-state index is 10.5. The Hall–Kier alpha value is -1.10. The van der Waals surface area contributed by atoms with Crippen LogP contribution < -0.4 is 5.73 Å². The van der Waals surface area contributed by atoms with Crippen molar-refractivity contribution in [1.82, 2.24) is 0 Å². The molecule has 11 heavy (non-hydrogen) atoms. The molecule has 0 aromatic rings. The van der Waals surface area contributed by atoms with Gasteiger partial charge in [-0.2, -0.15) is 0 Å². The lowest BCUT2D eigenvalue weighted by atomic mass is 10.1. The Bertz CT molecular complexity index is 191. The summed E-state index contributed by atoms with van der Waals surface area (Å²) in [5, 5.41) is 8.41. The number of cyclic esters (lactones) is 1. The first-order chi connectivity index (χ1) is 5.11. The molecule has 1 fully saturated rings. The fraction of sp³-hybridized carbons (Fsp3) is 0.667. The summed E-state index contributed by atoms with van der Waals surface area (Å²) in [5.41, 5.74) is 5.21. The number of aliphatic carboxylic acids is 1. The predicted octanol–water partition coefficient (Wildman–Crippen LogP) is -0.896. The van der Waals surface area contributed by atoms with E-state index in [0.29, 0.717) is 6.42 Å². The Morgan fingerprint density at radius 3 is 2.82 bits per heavy atom. The molecule has 0 amide bonds. The van der Waals surface area contributed by atoms with E-state index in [1.165, 1.54) is 0 Å². The lowest BCUT2D eigenvalue weighted by Gasteiger charge is -2.12. The highest BCUT2D eigenvalue weighted by molar-refractivity contribution is 5.77. The van der Waals surface area contributed by atoms with E-state index in [9.17, 15) is 9.59 Å². The van der Waals surface area contributed by atoms with Gasteiger partial charge in [-0.3, -0.25) is 9.59 Å². The second kappa shape index (κ2) is 2.87. The fourth-order valence-electron chi connectivity index (χ4n) is 0.959. The molecule has 1 heterocycles. The second-order valence-corrected chi connectivity index (χ2v) is 2.43. The molecule has 0 aromatic carbocycles. The number of carbonyl (C=O) groups excluding carboxylic acids is 1. The number of hydrogen-bond donors (Lipinski definition) is 2. The first-order valence-corrected chi connectivity index (χ1v) is 3.29. The highest BCUT2D eigenvalue weighted by atomic mass is 16.6. The number of ether oxygens (including phenoxy) is 1. The number of esters is 1. The largest absolute Gasteiger partial charge is 0.480 e. The quantitative estimate of drug-likeness (QED) is 0.510. The third kappa shape index (κ3) is 1.68. The zero-order chi connectivity index (χ0) is 8.43. The standard InChI is InChI=1S/C6H9NO4/c7-5(6(9)10)3-1-2-4(8)11-3/h3,5H,1-2,7H2,(H,9,10)/t3-,5-/m1/s1. The highest BCUT2D eigenvalue weighted by Gasteiger charge is 2.32. The van der Waals surface area contributed by atoms with Crippen molar-refractivity contribution in [2.45, 2.75) is 25.0 Å². The van der Waals surface area contributed by atoms with Crippen LogP contribution in [0.1, 0.15) is 12.8 Å². The summed E-state index contributed by atoms with van der Waals surface area (Å²) in [6, 6.07) is -1.08. The van der Waals surface area contributed by atoms with Crippen molar-refractivity contribution in [2.75, 3.05) is 0 Å². The zero-order valence-corrected chi connectivity index (χ0v) is 5.82. The molecule has 1 aliphatic rings. The minimum absolute atomic E-state index is 0.269. The smallest absolute Gasteiger partial charge is 0.324 e. The highest BCUT2D eigenvalue weighted by Crippen LogP contribution is 2.15. The van der Waals surface area contributed by atoms with E-state index in [4.69, 9.17) is 10.8 Å². The number of nitrogens with two attached hydrogens (primary N) is 1. The maximum Gasteiger partial charge on any atom is 0.324 e.